The van der Waals surface area contributed by atoms with Gasteiger partial charge < -0.3 is 5.73 Å². The molecule has 1 aliphatic rings. The normalized spacial score (nSPS) is 23.1. The van der Waals surface area contributed by atoms with Crippen LogP contribution in [0.1, 0.15) is 51.6 Å². The lowest BCUT2D eigenvalue weighted by atomic mass is 9.85. The Morgan fingerprint density at radius 2 is 1.80 bits per heavy atom. The average molecular weight is 295 g/mol. The summed E-state index contributed by atoms with van der Waals surface area (Å²) in [6, 6.07) is 8.58. The van der Waals surface area contributed by atoms with E-state index in [1.54, 1.807) is 0 Å². The second-order valence-electron chi connectivity index (χ2n) is 6.91. The maximum Gasteiger partial charge on any atom is 0.0496 e. The molecule has 2 nitrogen and oxygen atoms in total. The number of hydrogen-bond donors (Lipinski definition) is 1. The Morgan fingerprint density at radius 3 is 2.40 bits per heavy atom. The molecule has 1 heterocycles. The van der Waals surface area contributed by atoms with Gasteiger partial charge in [-0.2, -0.15) is 0 Å². The van der Waals surface area contributed by atoms with E-state index in [0.717, 1.165) is 18.1 Å². The van der Waals surface area contributed by atoms with E-state index in [2.05, 4.69) is 37.8 Å². The Balaban J connectivity index is 2.18. The van der Waals surface area contributed by atoms with Crippen LogP contribution in [0.25, 0.3) is 0 Å². The van der Waals surface area contributed by atoms with Gasteiger partial charge in [-0.25, -0.2) is 0 Å². The van der Waals surface area contributed by atoms with Gasteiger partial charge in [0.25, 0.3) is 0 Å². The highest BCUT2D eigenvalue weighted by Crippen LogP contribution is 2.34. The largest absolute Gasteiger partial charge is 0.326 e. The van der Waals surface area contributed by atoms with Crippen molar-refractivity contribution in [3.05, 3.63) is 34.9 Å². The van der Waals surface area contributed by atoms with Gasteiger partial charge in [0.15, 0.2) is 0 Å². The highest BCUT2D eigenvalue weighted by molar-refractivity contribution is 6.30. The summed E-state index contributed by atoms with van der Waals surface area (Å²) >= 11 is 6.00. The number of benzene rings is 1. The fraction of sp³-hybridized carbons (Fsp3) is 0.647. The number of nitrogens with two attached hydrogens (primary N) is 1. The third-order valence-corrected chi connectivity index (χ3v) is 4.73. The molecule has 0 spiro atoms. The van der Waals surface area contributed by atoms with Crippen LogP contribution in [0.4, 0.5) is 0 Å². The lowest BCUT2D eigenvalue weighted by Gasteiger charge is -2.34. The molecule has 0 aliphatic carbocycles. The van der Waals surface area contributed by atoms with Crippen LogP contribution >= 0.6 is 11.6 Å². The van der Waals surface area contributed by atoms with Crippen LogP contribution in [-0.4, -0.2) is 24.0 Å². The third kappa shape index (κ3) is 3.97. The SMILES string of the molecule is CC(N)C(c1ccc(Cl)cc1)N1CCCC(C)(C)CC1. The predicted octanol–water partition coefficient (Wildman–Crippen LogP) is 4.24. The van der Waals surface area contributed by atoms with E-state index < -0.39 is 0 Å². The third-order valence-electron chi connectivity index (χ3n) is 4.48. The highest BCUT2D eigenvalue weighted by atomic mass is 35.5. The lowest BCUT2D eigenvalue weighted by Crippen LogP contribution is -2.40. The summed E-state index contributed by atoms with van der Waals surface area (Å²) in [4.78, 5) is 2.56. The van der Waals surface area contributed by atoms with Crippen molar-refractivity contribution < 1.29 is 0 Å². The van der Waals surface area contributed by atoms with Crippen LogP contribution in [0.15, 0.2) is 24.3 Å². The van der Waals surface area contributed by atoms with E-state index in [1.165, 1.54) is 24.8 Å². The van der Waals surface area contributed by atoms with Crippen LogP contribution in [0, 0.1) is 5.41 Å². The molecular formula is C17H27ClN2. The van der Waals surface area contributed by atoms with Gasteiger partial charge in [0, 0.05) is 17.1 Å². The minimum atomic E-state index is 0.123. The zero-order chi connectivity index (χ0) is 14.8. The Kier molecular flexibility index (Phi) is 5.11. The van der Waals surface area contributed by atoms with Gasteiger partial charge in [-0.3, -0.25) is 4.90 Å². The van der Waals surface area contributed by atoms with Gasteiger partial charge in [0.2, 0.25) is 0 Å². The van der Waals surface area contributed by atoms with Gasteiger partial charge in [0.1, 0.15) is 0 Å². The molecule has 20 heavy (non-hydrogen) atoms. The van der Waals surface area contributed by atoms with Crippen molar-refractivity contribution in [3.63, 3.8) is 0 Å². The first-order chi connectivity index (χ1) is 9.39. The number of nitrogens with zero attached hydrogens (tertiary/aromatic N) is 1. The standard InChI is InChI=1S/C17H27ClN2/c1-13(19)16(14-5-7-15(18)8-6-14)20-11-4-9-17(2,3)10-12-20/h5-8,13,16H,4,9-12,19H2,1-3H3. The van der Waals surface area contributed by atoms with E-state index in [0.29, 0.717) is 11.5 Å². The molecule has 1 fully saturated rings. The van der Waals surface area contributed by atoms with E-state index in [4.69, 9.17) is 17.3 Å². The van der Waals surface area contributed by atoms with Gasteiger partial charge in [-0.05, 0) is 62.4 Å². The quantitative estimate of drug-likeness (QED) is 0.903. The van der Waals surface area contributed by atoms with Crippen molar-refractivity contribution in [2.75, 3.05) is 13.1 Å². The summed E-state index contributed by atoms with van der Waals surface area (Å²) in [5, 5.41) is 0.786. The molecule has 0 aromatic heterocycles. The molecule has 2 N–H and O–H groups in total. The first-order valence-electron chi connectivity index (χ1n) is 7.64. The Bertz CT molecular complexity index is 425. The molecule has 112 valence electrons. The van der Waals surface area contributed by atoms with Crippen LogP contribution in [0.5, 0.6) is 0 Å². The molecule has 1 aliphatic heterocycles. The zero-order valence-electron chi connectivity index (χ0n) is 12.9. The zero-order valence-corrected chi connectivity index (χ0v) is 13.7. The lowest BCUT2D eigenvalue weighted by molar-refractivity contribution is 0.176. The second-order valence-corrected chi connectivity index (χ2v) is 7.35. The second kappa shape index (κ2) is 6.46. The van der Waals surface area contributed by atoms with E-state index in [9.17, 15) is 0 Å². The fourth-order valence-electron chi connectivity index (χ4n) is 3.23. The van der Waals surface area contributed by atoms with Crippen molar-refractivity contribution in [2.24, 2.45) is 11.1 Å². The highest BCUT2D eigenvalue weighted by Gasteiger charge is 2.29. The summed E-state index contributed by atoms with van der Waals surface area (Å²) in [6.07, 6.45) is 3.80. The van der Waals surface area contributed by atoms with Gasteiger partial charge in [0.05, 0.1) is 0 Å². The minimum absolute atomic E-state index is 0.123. The average Bonchev–Trinajstić information content (AvgIpc) is 2.53. The first kappa shape index (κ1) is 15.8. The maximum absolute atomic E-state index is 6.28. The van der Waals surface area contributed by atoms with Gasteiger partial charge in [-0.1, -0.05) is 37.6 Å². The molecule has 1 aromatic rings. The topological polar surface area (TPSA) is 29.3 Å². The van der Waals surface area contributed by atoms with E-state index >= 15 is 0 Å². The molecule has 2 atom stereocenters. The molecule has 1 aromatic carbocycles. The molecule has 0 saturated carbocycles. The summed E-state index contributed by atoms with van der Waals surface area (Å²) < 4.78 is 0. The molecular weight excluding hydrogens is 268 g/mol. The summed E-state index contributed by atoms with van der Waals surface area (Å²) in [5.74, 6) is 0. The minimum Gasteiger partial charge on any atom is -0.326 e. The number of rotatable bonds is 3. The van der Waals surface area contributed by atoms with Crippen molar-refractivity contribution >= 4 is 11.6 Å². The number of hydrogen-bond acceptors (Lipinski definition) is 2. The first-order valence-corrected chi connectivity index (χ1v) is 8.02. The van der Waals surface area contributed by atoms with Crippen molar-refractivity contribution in [3.8, 4) is 0 Å². The predicted molar refractivity (Wildman–Crippen MR) is 87.0 cm³/mol. The van der Waals surface area contributed by atoms with Crippen LogP contribution < -0.4 is 5.73 Å². The molecule has 3 heteroatoms. The maximum atomic E-state index is 6.28. The molecule has 0 amide bonds. The van der Waals surface area contributed by atoms with Gasteiger partial charge >= 0.3 is 0 Å². The molecule has 2 unspecified atom stereocenters. The van der Waals surface area contributed by atoms with E-state index in [-0.39, 0.29) is 6.04 Å². The Hall–Kier alpha value is -0.570. The van der Waals surface area contributed by atoms with Crippen molar-refractivity contribution in [1.29, 1.82) is 0 Å². The molecule has 0 radical (unpaired) electrons. The van der Waals surface area contributed by atoms with E-state index in [1.807, 2.05) is 12.1 Å². The fourth-order valence-corrected chi connectivity index (χ4v) is 3.35. The summed E-state index contributed by atoms with van der Waals surface area (Å²) in [6.45, 7) is 9.12. The summed E-state index contributed by atoms with van der Waals surface area (Å²) in [5.41, 5.74) is 8.02. The molecule has 2 rings (SSSR count). The van der Waals surface area contributed by atoms with Crippen molar-refractivity contribution in [2.45, 2.75) is 52.1 Å². The summed E-state index contributed by atoms with van der Waals surface area (Å²) in [7, 11) is 0. The molecule has 1 saturated heterocycles. The van der Waals surface area contributed by atoms with Crippen LogP contribution in [-0.2, 0) is 0 Å². The molecule has 0 bridgehead atoms. The number of likely N-dealkylation sites (tertiary alicyclic amines) is 1. The Morgan fingerprint density at radius 1 is 1.15 bits per heavy atom. The monoisotopic (exact) mass is 294 g/mol. The van der Waals surface area contributed by atoms with Crippen molar-refractivity contribution in [1.82, 2.24) is 4.90 Å². The number of halogens is 1. The Labute approximate surface area is 128 Å². The van der Waals surface area contributed by atoms with Gasteiger partial charge in [-0.15, -0.1) is 0 Å². The van der Waals surface area contributed by atoms with Crippen LogP contribution in [0.2, 0.25) is 5.02 Å². The smallest absolute Gasteiger partial charge is 0.0496 e. The van der Waals surface area contributed by atoms with Crippen LogP contribution in [0.3, 0.4) is 0 Å².